The van der Waals surface area contributed by atoms with Crippen molar-refractivity contribution in [2.45, 2.75) is 64.6 Å². The largest absolute Gasteiger partial charge is 0.444 e. The summed E-state index contributed by atoms with van der Waals surface area (Å²) in [6, 6.07) is 5.62. The summed E-state index contributed by atoms with van der Waals surface area (Å²) >= 11 is 0. The van der Waals surface area contributed by atoms with Crippen molar-refractivity contribution in [3.05, 3.63) is 41.2 Å². The first kappa shape index (κ1) is 16.0. The number of hydrogen-bond donors (Lipinski definition) is 0. The van der Waals surface area contributed by atoms with Gasteiger partial charge in [-0.05, 0) is 58.1 Å². The molecule has 1 aromatic carbocycles. The third-order valence-electron chi connectivity index (χ3n) is 4.54. The summed E-state index contributed by atoms with van der Waals surface area (Å²) in [5.74, 6) is -0.149. The smallest absolute Gasteiger partial charge is 0.411 e. The maximum absolute atomic E-state index is 14.4. The van der Waals surface area contributed by atoms with Gasteiger partial charge in [-0.1, -0.05) is 24.3 Å². The van der Waals surface area contributed by atoms with E-state index in [1.807, 2.05) is 43.9 Å². The van der Waals surface area contributed by atoms with Crippen LogP contribution in [0, 0.1) is 12.7 Å². The Balaban J connectivity index is 1.86. The lowest BCUT2D eigenvalue weighted by molar-refractivity contribution is 0.0175. The zero-order valence-electron chi connectivity index (χ0n) is 14.2. The molecule has 2 aliphatic heterocycles. The molecule has 2 bridgehead atoms. The summed E-state index contributed by atoms with van der Waals surface area (Å²) in [6.45, 7) is 7.41. The van der Waals surface area contributed by atoms with Gasteiger partial charge in [0.2, 0.25) is 0 Å². The fraction of sp³-hybridized carbons (Fsp3) is 0.526. The van der Waals surface area contributed by atoms with Gasteiger partial charge in [-0.2, -0.15) is 0 Å². The van der Waals surface area contributed by atoms with Gasteiger partial charge in [-0.25, -0.2) is 9.18 Å². The van der Waals surface area contributed by atoms with Crippen LogP contribution in [0.25, 0.3) is 5.57 Å². The van der Waals surface area contributed by atoms with Gasteiger partial charge in [-0.15, -0.1) is 0 Å². The summed E-state index contributed by atoms with van der Waals surface area (Å²) < 4.78 is 19.9. The second-order valence-electron chi connectivity index (χ2n) is 7.52. The van der Waals surface area contributed by atoms with Crippen LogP contribution in [0.2, 0.25) is 0 Å². The van der Waals surface area contributed by atoms with E-state index in [0.717, 1.165) is 18.4 Å². The summed E-state index contributed by atoms with van der Waals surface area (Å²) in [5, 5.41) is 0. The minimum Gasteiger partial charge on any atom is -0.444 e. The molecule has 1 aromatic rings. The third-order valence-corrected chi connectivity index (χ3v) is 4.54. The minimum absolute atomic E-state index is 0.0125. The van der Waals surface area contributed by atoms with Gasteiger partial charge in [0.15, 0.2) is 0 Å². The Morgan fingerprint density at radius 2 is 2.04 bits per heavy atom. The maximum atomic E-state index is 14.4. The summed E-state index contributed by atoms with van der Waals surface area (Å²) in [4.78, 5) is 14.3. The average molecular weight is 317 g/mol. The number of carbonyl (C=O) groups excluding carboxylic acids is 1. The molecule has 3 rings (SSSR count). The number of nitrogens with zero attached hydrogens (tertiary/aromatic N) is 1. The lowest BCUT2D eigenvalue weighted by atomic mass is 9.93. The van der Waals surface area contributed by atoms with E-state index < -0.39 is 5.60 Å². The molecule has 4 heteroatoms. The lowest BCUT2D eigenvalue weighted by Crippen LogP contribution is -2.45. The van der Waals surface area contributed by atoms with Crippen molar-refractivity contribution in [2.75, 3.05) is 0 Å². The third kappa shape index (κ3) is 3.12. The van der Waals surface area contributed by atoms with Crippen LogP contribution in [0.5, 0.6) is 0 Å². The van der Waals surface area contributed by atoms with E-state index in [1.165, 1.54) is 0 Å². The van der Waals surface area contributed by atoms with Gasteiger partial charge in [0.25, 0.3) is 0 Å². The molecule has 1 amide bonds. The van der Waals surface area contributed by atoms with Gasteiger partial charge in [0.05, 0.1) is 6.04 Å². The van der Waals surface area contributed by atoms with Crippen molar-refractivity contribution < 1.29 is 13.9 Å². The van der Waals surface area contributed by atoms with Crippen LogP contribution in [0.3, 0.4) is 0 Å². The van der Waals surface area contributed by atoms with E-state index in [4.69, 9.17) is 4.74 Å². The van der Waals surface area contributed by atoms with Crippen LogP contribution < -0.4 is 0 Å². The first-order valence-corrected chi connectivity index (χ1v) is 8.24. The number of carbonyl (C=O) groups is 1. The zero-order chi connectivity index (χ0) is 16.8. The molecule has 1 fully saturated rings. The Kier molecular flexibility index (Phi) is 3.95. The molecule has 0 aliphatic carbocycles. The molecule has 124 valence electrons. The van der Waals surface area contributed by atoms with Crippen molar-refractivity contribution in [2.24, 2.45) is 0 Å². The highest BCUT2D eigenvalue weighted by molar-refractivity contribution is 5.75. The summed E-state index contributed by atoms with van der Waals surface area (Å²) in [5.41, 5.74) is 1.85. The number of rotatable bonds is 1. The number of halogens is 1. The van der Waals surface area contributed by atoms with E-state index >= 15 is 0 Å². The molecular weight excluding hydrogens is 293 g/mol. The standard InChI is InChI=1S/C19H24FNO2/c1-12-6-5-7-16(17(12)20)13-10-14-8-9-15(11-13)21(14)18(22)23-19(2,3)4/h5-7,10,14-15H,8-9,11H2,1-4H3. The highest BCUT2D eigenvalue weighted by atomic mass is 19.1. The molecule has 1 saturated heterocycles. The Hall–Kier alpha value is -1.84. The van der Waals surface area contributed by atoms with Crippen molar-refractivity contribution in [1.82, 2.24) is 4.90 Å². The monoisotopic (exact) mass is 317 g/mol. The lowest BCUT2D eigenvalue weighted by Gasteiger charge is -2.35. The number of ether oxygens (including phenoxy) is 1. The van der Waals surface area contributed by atoms with Crippen molar-refractivity contribution >= 4 is 11.7 Å². The zero-order valence-corrected chi connectivity index (χ0v) is 14.2. The normalized spacial score (nSPS) is 23.7. The fourth-order valence-electron chi connectivity index (χ4n) is 3.52. The Morgan fingerprint density at radius 3 is 2.70 bits per heavy atom. The SMILES string of the molecule is Cc1cccc(C2=CC3CCC(C2)N3C(=O)OC(C)(C)C)c1F. The van der Waals surface area contributed by atoms with Gasteiger partial charge in [0.1, 0.15) is 11.4 Å². The molecule has 2 aliphatic rings. The van der Waals surface area contributed by atoms with E-state index in [-0.39, 0.29) is 24.0 Å². The molecule has 2 unspecified atom stereocenters. The quantitative estimate of drug-likeness (QED) is 0.752. The molecule has 0 aromatic heterocycles. The second-order valence-corrected chi connectivity index (χ2v) is 7.52. The second kappa shape index (κ2) is 5.66. The average Bonchev–Trinajstić information content (AvgIpc) is 2.71. The van der Waals surface area contributed by atoms with Crippen LogP contribution in [0.4, 0.5) is 9.18 Å². The van der Waals surface area contributed by atoms with Gasteiger partial charge < -0.3 is 4.74 Å². The first-order valence-electron chi connectivity index (χ1n) is 8.24. The van der Waals surface area contributed by atoms with Crippen LogP contribution in [0.15, 0.2) is 24.3 Å². The molecule has 0 spiro atoms. The topological polar surface area (TPSA) is 29.5 Å². The highest BCUT2D eigenvalue weighted by Gasteiger charge is 2.41. The molecular formula is C19H24FNO2. The van der Waals surface area contributed by atoms with E-state index in [0.29, 0.717) is 17.5 Å². The van der Waals surface area contributed by atoms with E-state index in [2.05, 4.69) is 0 Å². The van der Waals surface area contributed by atoms with Crippen molar-refractivity contribution in [3.63, 3.8) is 0 Å². The van der Waals surface area contributed by atoms with Crippen LogP contribution >= 0.6 is 0 Å². The van der Waals surface area contributed by atoms with E-state index in [1.54, 1.807) is 13.0 Å². The molecule has 0 radical (unpaired) electrons. The van der Waals surface area contributed by atoms with Gasteiger partial charge >= 0.3 is 6.09 Å². The molecule has 0 saturated carbocycles. The molecule has 2 atom stereocenters. The molecule has 23 heavy (non-hydrogen) atoms. The maximum Gasteiger partial charge on any atom is 0.411 e. The van der Waals surface area contributed by atoms with E-state index in [9.17, 15) is 9.18 Å². The number of amides is 1. The minimum atomic E-state index is -0.497. The number of hydrogen-bond acceptors (Lipinski definition) is 2. The fourth-order valence-corrected chi connectivity index (χ4v) is 3.52. The van der Waals surface area contributed by atoms with Gasteiger partial charge in [0, 0.05) is 11.6 Å². The molecule has 3 nitrogen and oxygen atoms in total. The predicted molar refractivity (Wildman–Crippen MR) is 88.6 cm³/mol. The number of benzene rings is 1. The molecule has 0 N–H and O–H groups in total. The highest BCUT2D eigenvalue weighted by Crippen LogP contribution is 2.40. The Labute approximate surface area is 137 Å². The summed E-state index contributed by atoms with van der Waals surface area (Å²) in [6.07, 6.45) is 4.34. The molecule has 2 heterocycles. The Bertz CT molecular complexity index is 660. The van der Waals surface area contributed by atoms with Crippen molar-refractivity contribution in [1.29, 1.82) is 0 Å². The number of aryl methyl sites for hydroxylation is 1. The van der Waals surface area contributed by atoms with Gasteiger partial charge in [-0.3, -0.25) is 4.90 Å². The predicted octanol–water partition coefficient (Wildman–Crippen LogP) is 4.69. The first-order chi connectivity index (χ1) is 10.8. The number of fused-ring (bicyclic) bond motifs is 2. The van der Waals surface area contributed by atoms with Crippen molar-refractivity contribution in [3.8, 4) is 0 Å². The van der Waals surface area contributed by atoms with Crippen LogP contribution in [0.1, 0.15) is 51.2 Å². The summed E-state index contributed by atoms with van der Waals surface area (Å²) in [7, 11) is 0. The van der Waals surface area contributed by atoms with Crippen LogP contribution in [-0.4, -0.2) is 28.7 Å². The van der Waals surface area contributed by atoms with Crippen LogP contribution in [-0.2, 0) is 4.74 Å². The Morgan fingerprint density at radius 1 is 1.30 bits per heavy atom.